The maximum atomic E-state index is 5.26. The summed E-state index contributed by atoms with van der Waals surface area (Å²) in [4.78, 5) is 5.26. The number of aromatic nitrogens is 1. The predicted octanol–water partition coefficient (Wildman–Crippen LogP) is 15.4. The van der Waals surface area contributed by atoms with Crippen molar-refractivity contribution in [2.24, 2.45) is 0 Å². The summed E-state index contributed by atoms with van der Waals surface area (Å²) in [5.74, 6) is 0. The van der Waals surface area contributed by atoms with Gasteiger partial charge in [0.2, 0.25) is 0 Å². The monoisotopic (exact) mass is 775 g/mol. The Morgan fingerprint density at radius 2 is 0.607 bits per heavy atom. The lowest BCUT2D eigenvalue weighted by Gasteiger charge is -2.34. The van der Waals surface area contributed by atoms with Crippen molar-refractivity contribution >= 4 is 0 Å². The van der Waals surface area contributed by atoms with Crippen LogP contribution in [0.25, 0.3) is 78.1 Å². The van der Waals surface area contributed by atoms with Crippen LogP contribution in [0.5, 0.6) is 0 Å². The fourth-order valence-electron chi connectivity index (χ4n) is 9.49. The highest BCUT2D eigenvalue weighted by molar-refractivity contribution is 5.95. The molecule has 0 saturated carbocycles. The number of hydrogen-bond acceptors (Lipinski definition) is 1. The van der Waals surface area contributed by atoms with Crippen molar-refractivity contribution in [3.8, 4) is 78.1 Å². The van der Waals surface area contributed by atoms with E-state index in [2.05, 4.69) is 249 Å². The van der Waals surface area contributed by atoms with Gasteiger partial charge in [0.15, 0.2) is 0 Å². The van der Waals surface area contributed by atoms with E-state index in [4.69, 9.17) is 4.98 Å². The second kappa shape index (κ2) is 15.4. The Hall–Kier alpha value is -7.87. The molecule has 1 nitrogen and oxygen atoms in total. The van der Waals surface area contributed by atoms with Gasteiger partial charge in [-0.05, 0) is 102 Å². The van der Waals surface area contributed by atoms with E-state index in [-0.39, 0.29) is 0 Å². The highest BCUT2D eigenvalue weighted by Crippen LogP contribution is 2.58. The van der Waals surface area contributed by atoms with Crippen LogP contribution in [-0.4, -0.2) is 4.98 Å². The van der Waals surface area contributed by atoms with E-state index in [0.29, 0.717) is 0 Å². The van der Waals surface area contributed by atoms with Crippen LogP contribution in [0.4, 0.5) is 0 Å². The van der Waals surface area contributed by atoms with Gasteiger partial charge in [-0.3, -0.25) is 0 Å². The maximum absolute atomic E-state index is 5.26. The molecule has 61 heavy (non-hydrogen) atoms. The van der Waals surface area contributed by atoms with Crippen molar-refractivity contribution in [1.82, 2.24) is 4.98 Å². The first-order valence-corrected chi connectivity index (χ1v) is 21.0. The van der Waals surface area contributed by atoms with Gasteiger partial charge in [-0.15, -0.1) is 0 Å². The van der Waals surface area contributed by atoms with Crippen LogP contribution >= 0.6 is 0 Å². The highest BCUT2D eigenvalue weighted by Gasteiger charge is 2.46. The minimum atomic E-state index is -0.505. The molecule has 0 fully saturated rings. The molecule has 0 aliphatic heterocycles. The zero-order chi connectivity index (χ0) is 40.6. The fraction of sp³-hybridized carbons (Fsp3) is 0.0167. The molecular weight excluding hydrogens is 735 g/mol. The van der Waals surface area contributed by atoms with Crippen LogP contribution in [0, 0.1) is 0 Å². The summed E-state index contributed by atoms with van der Waals surface area (Å²) in [5, 5.41) is 0. The normalized spacial score (nSPS) is 12.4. The van der Waals surface area contributed by atoms with Crippen LogP contribution in [0.15, 0.2) is 249 Å². The van der Waals surface area contributed by atoms with Crippen LogP contribution in [0.3, 0.4) is 0 Å². The first kappa shape index (κ1) is 36.2. The molecule has 0 amide bonds. The van der Waals surface area contributed by atoms with Crippen molar-refractivity contribution < 1.29 is 0 Å². The molecule has 0 saturated heterocycles. The van der Waals surface area contributed by atoms with Gasteiger partial charge < -0.3 is 0 Å². The van der Waals surface area contributed by atoms with Crippen molar-refractivity contribution in [1.29, 1.82) is 0 Å². The summed E-state index contributed by atoms with van der Waals surface area (Å²) in [5.41, 5.74) is 20.7. The van der Waals surface area contributed by atoms with Gasteiger partial charge in [0.05, 0.1) is 16.8 Å². The van der Waals surface area contributed by atoms with E-state index in [1.807, 2.05) is 0 Å². The fourth-order valence-corrected chi connectivity index (χ4v) is 9.49. The number of hydrogen-bond donors (Lipinski definition) is 0. The predicted molar refractivity (Wildman–Crippen MR) is 254 cm³/mol. The van der Waals surface area contributed by atoms with Crippen LogP contribution < -0.4 is 0 Å². The van der Waals surface area contributed by atoms with Gasteiger partial charge >= 0.3 is 0 Å². The second-order valence-corrected chi connectivity index (χ2v) is 15.9. The number of nitrogens with zero attached hydrogens (tertiary/aromatic N) is 1. The lowest BCUT2D eigenvalue weighted by Crippen LogP contribution is -2.28. The molecule has 11 rings (SSSR count). The number of rotatable bonds is 8. The Labute approximate surface area is 358 Å². The second-order valence-electron chi connectivity index (χ2n) is 15.9. The molecule has 10 aromatic rings. The first-order valence-electron chi connectivity index (χ1n) is 21.0. The lowest BCUT2D eigenvalue weighted by molar-refractivity contribution is 0.769. The molecular formula is C60H41N. The van der Waals surface area contributed by atoms with E-state index in [1.165, 1.54) is 66.8 Å². The summed E-state index contributed by atoms with van der Waals surface area (Å²) in [7, 11) is 0. The topological polar surface area (TPSA) is 12.9 Å². The zero-order valence-electron chi connectivity index (χ0n) is 33.6. The Morgan fingerprint density at radius 1 is 0.230 bits per heavy atom. The molecule has 1 aliphatic carbocycles. The molecule has 1 aliphatic rings. The summed E-state index contributed by atoms with van der Waals surface area (Å²) < 4.78 is 0. The molecule has 0 spiro atoms. The van der Waals surface area contributed by atoms with Gasteiger partial charge in [0.1, 0.15) is 0 Å². The van der Waals surface area contributed by atoms with Gasteiger partial charge in [0.25, 0.3) is 0 Å². The summed E-state index contributed by atoms with van der Waals surface area (Å²) in [6.07, 6.45) is 0. The van der Waals surface area contributed by atoms with E-state index in [0.717, 1.165) is 33.6 Å². The zero-order valence-corrected chi connectivity index (χ0v) is 33.6. The standard InChI is InChI=1S/C60H41N/c1-6-18-42(19-7-1)44-30-32-45(33-31-44)53-40-55-52-28-16-17-29-56(52)60(50-24-12-4-13-25-50,51-26-14-5-15-27-51)57(55)41-54(53)46-34-36-48(37-35-46)59-39-49(43-20-8-2-9-21-43)38-58(61-59)47-22-10-3-11-23-47/h1-41H. The van der Waals surface area contributed by atoms with E-state index in [9.17, 15) is 0 Å². The molecule has 286 valence electrons. The smallest absolute Gasteiger partial charge is 0.0715 e. The average Bonchev–Trinajstić information content (AvgIpc) is 3.65. The summed E-state index contributed by atoms with van der Waals surface area (Å²) >= 11 is 0. The molecule has 0 N–H and O–H groups in total. The Kier molecular flexibility index (Phi) is 9.13. The van der Waals surface area contributed by atoms with Crippen molar-refractivity contribution in [2.45, 2.75) is 5.41 Å². The Bertz CT molecular complexity index is 3020. The minimum absolute atomic E-state index is 0.505. The molecule has 1 aromatic heterocycles. The molecule has 1 heterocycles. The maximum Gasteiger partial charge on any atom is 0.0715 e. The third-order valence-electron chi connectivity index (χ3n) is 12.4. The van der Waals surface area contributed by atoms with Gasteiger partial charge in [-0.2, -0.15) is 0 Å². The minimum Gasteiger partial charge on any atom is -0.248 e. The van der Waals surface area contributed by atoms with Gasteiger partial charge in [-0.25, -0.2) is 4.98 Å². The molecule has 0 bridgehead atoms. The van der Waals surface area contributed by atoms with Crippen LogP contribution in [-0.2, 0) is 5.41 Å². The molecule has 9 aromatic carbocycles. The highest BCUT2D eigenvalue weighted by atomic mass is 14.7. The van der Waals surface area contributed by atoms with Crippen molar-refractivity contribution in [3.05, 3.63) is 271 Å². The molecule has 0 unspecified atom stereocenters. The molecule has 0 atom stereocenters. The lowest BCUT2D eigenvalue weighted by atomic mass is 9.67. The average molecular weight is 776 g/mol. The molecule has 1 heteroatoms. The SMILES string of the molecule is c1ccc(-c2ccc(-c3cc4c(cc3-c3ccc(-c5cc(-c6ccccc6)cc(-c6ccccc6)n5)cc3)C(c3ccccc3)(c3ccccc3)c3ccccc3-4)cc2)cc1. The van der Waals surface area contributed by atoms with Crippen LogP contribution in [0.2, 0.25) is 0 Å². The van der Waals surface area contributed by atoms with E-state index >= 15 is 0 Å². The third-order valence-corrected chi connectivity index (χ3v) is 12.4. The number of fused-ring (bicyclic) bond motifs is 3. The van der Waals surface area contributed by atoms with Gasteiger partial charge in [0, 0.05) is 11.1 Å². The third kappa shape index (κ3) is 6.39. The summed E-state index contributed by atoms with van der Waals surface area (Å²) in [6, 6.07) is 90.3. The Balaban J connectivity index is 1.12. The van der Waals surface area contributed by atoms with E-state index in [1.54, 1.807) is 0 Å². The largest absolute Gasteiger partial charge is 0.248 e. The van der Waals surface area contributed by atoms with Crippen molar-refractivity contribution in [2.75, 3.05) is 0 Å². The van der Waals surface area contributed by atoms with Gasteiger partial charge in [-0.1, -0.05) is 224 Å². The quantitative estimate of drug-likeness (QED) is 0.150. The van der Waals surface area contributed by atoms with Crippen molar-refractivity contribution in [3.63, 3.8) is 0 Å². The Morgan fingerprint density at radius 3 is 1.15 bits per heavy atom. The first-order chi connectivity index (χ1) is 30.2. The summed E-state index contributed by atoms with van der Waals surface area (Å²) in [6.45, 7) is 0. The van der Waals surface area contributed by atoms with E-state index < -0.39 is 5.41 Å². The number of benzene rings is 9. The molecule has 0 radical (unpaired) electrons. The van der Waals surface area contributed by atoms with Crippen LogP contribution in [0.1, 0.15) is 22.3 Å². The number of pyridine rings is 1.